The topological polar surface area (TPSA) is 50.7 Å². The highest BCUT2D eigenvalue weighted by molar-refractivity contribution is 7.19. The average molecular weight is 310 g/mol. The van der Waals surface area contributed by atoms with Crippen LogP contribution >= 0.6 is 11.3 Å². The first kappa shape index (κ1) is 13.6. The third kappa shape index (κ3) is 2.16. The molecule has 0 saturated heterocycles. The van der Waals surface area contributed by atoms with Crippen LogP contribution in [0.1, 0.15) is 23.8 Å². The van der Waals surface area contributed by atoms with Gasteiger partial charge in [0.15, 0.2) is 5.82 Å². The summed E-state index contributed by atoms with van der Waals surface area (Å²) in [7, 11) is 1.93. The predicted octanol–water partition coefficient (Wildman–Crippen LogP) is 3.92. The van der Waals surface area contributed by atoms with E-state index in [1.54, 1.807) is 6.20 Å². The van der Waals surface area contributed by atoms with Gasteiger partial charge in [-0.25, -0.2) is 9.97 Å². The summed E-state index contributed by atoms with van der Waals surface area (Å²) >= 11 is 1.83. The summed E-state index contributed by atoms with van der Waals surface area (Å²) in [6.07, 6.45) is 7.15. The van der Waals surface area contributed by atoms with E-state index in [9.17, 15) is 0 Å². The van der Waals surface area contributed by atoms with Crippen LogP contribution in [0.4, 0.5) is 5.82 Å². The molecule has 0 radical (unpaired) electrons. The lowest BCUT2D eigenvalue weighted by atomic mass is 9.89. The zero-order valence-electron chi connectivity index (χ0n) is 12.8. The van der Waals surface area contributed by atoms with Gasteiger partial charge in [-0.05, 0) is 42.9 Å². The van der Waals surface area contributed by atoms with Crippen LogP contribution in [0.25, 0.3) is 21.6 Å². The zero-order chi connectivity index (χ0) is 15.1. The van der Waals surface area contributed by atoms with Crippen molar-refractivity contribution in [2.75, 3.05) is 12.4 Å². The lowest BCUT2D eigenvalue weighted by Crippen LogP contribution is -2.09. The number of rotatable bonds is 2. The fourth-order valence-electron chi connectivity index (χ4n) is 3.15. The number of anilines is 1. The number of nitrogens with one attached hydrogen (secondary N) is 1. The molecule has 0 unspecified atom stereocenters. The van der Waals surface area contributed by atoms with E-state index in [1.807, 2.05) is 36.7 Å². The van der Waals surface area contributed by atoms with Crippen molar-refractivity contribution in [2.45, 2.75) is 26.2 Å². The van der Waals surface area contributed by atoms with Gasteiger partial charge in [0.2, 0.25) is 0 Å². The highest BCUT2D eigenvalue weighted by Crippen LogP contribution is 2.40. The Morgan fingerprint density at radius 3 is 3.00 bits per heavy atom. The van der Waals surface area contributed by atoms with E-state index < -0.39 is 0 Å². The number of hydrogen-bond acceptors (Lipinski definition) is 5. The second-order valence-electron chi connectivity index (χ2n) is 5.92. The van der Waals surface area contributed by atoms with Crippen molar-refractivity contribution in [3.8, 4) is 11.4 Å². The molecule has 0 amide bonds. The number of fused-ring (bicyclic) bond motifs is 3. The maximum absolute atomic E-state index is 4.81. The van der Waals surface area contributed by atoms with Gasteiger partial charge in [-0.1, -0.05) is 6.92 Å². The minimum absolute atomic E-state index is 0.747. The van der Waals surface area contributed by atoms with Crippen molar-refractivity contribution in [3.63, 3.8) is 0 Å². The van der Waals surface area contributed by atoms with Crippen LogP contribution in [0.2, 0.25) is 0 Å². The Labute approximate surface area is 133 Å². The Kier molecular flexibility index (Phi) is 3.30. The van der Waals surface area contributed by atoms with Crippen molar-refractivity contribution in [1.82, 2.24) is 15.0 Å². The monoisotopic (exact) mass is 310 g/mol. The Bertz CT molecular complexity index is 826. The molecule has 4 rings (SSSR count). The van der Waals surface area contributed by atoms with Crippen molar-refractivity contribution < 1.29 is 0 Å². The van der Waals surface area contributed by atoms with E-state index in [4.69, 9.17) is 9.97 Å². The molecule has 112 valence electrons. The van der Waals surface area contributed by atoms with Gasteiger partial charge in [-0.2, -0.15) is 0 Å². The van der Waals surface area contributed by atoms with Gasteiger partial charge < -0.3 is 5.32 Å². The van der Waals surface area contributed by atoms with Gasteiger partial charge in [0.05, 0.1) is 5.39 Å². The van der Waals surface area contributed by atoms with Crippen molar-refractivity contribution in [3.05, 3.63) is 35.0 Å². The number of pyridine rings is 1. The normalized spacial score (nSPS) is 17.5. The lowest BCUT2D eigenvalue weighted by molar-refractivity contribution is 0.509. The Morgan fingerprint density at radius 2 is 2.23 bits per heavy atom. The Hall–Kier alpha value is -2.01. The van der Waals surface area contributed by atoms with E-state index in [1.165, 1.54) is 28.7 Å². The number of nitrogens with zero attached hydrogens (tertiary/aromatic N) is 3. The van der Waals surface area contributed by atoms with Crippen LogP contribution < -0.4 is 5.32 Å². The molecule has 0 fully saturated rings. The molecule has 0 saturated carbocycles. The molecule has 1 N–H and O–H groups in total. The molecule has 0 aliphatic heterocycles. The van der Waals surface area contributed by atoms with Gasteiger partial charge in [0.25, 0.3) is 0 Å². The van der Waals surface area contributed by atoms with E-state index in [-0.39, 0.29) is 0 Å². The van der Waals surface area contributed by atoms with Crippen LogP contribution in [-0.2, 0) is 12.8 Å². The molecule has 3 aromatic heterocycles. The standard InChI is InChI=1S/C17H18N4S/c1-10-5-6-12-13(8-10)22-17-14(12)16(18-2)20-15(21-17)11-4-3-7-19-9-11/h3-4,7,9-10H,5-6,8H2,1-2H3,(H,18,20,21)/t10-/m1/s1. The van der Waals surface area contributed by atoms with E-state index >= 15 is 0 Å². The quantitative estimate of drug-likeness (QED) is 0.779. The summed E-state index contributed by atoms with van der Waals surface area (Å²) in [5, 5.41) is 4.49. The first-order valence-electron chi connectivity index (χ1n) is 7.66. The predicted molar refractivity (Wildman–Crippen MR) is 91.4 cm³/mol. The van der Waals surface area contributed by atoms with Gasteiger partial charge in [0.1, 0.15) is 10.6 Å². The van der Waals surface area contributed by atoms with Crippen LogP contribution in [0.5, 0.6) is 0 Å². The molecule has 4 nitrogen and oxygen atoms in total. The van der Waals surface area contributed by atoms with Crippen LogP contribution in [0.3, 0.4) is 0 Å². The highest BCUT2D eigenvalue weighted by atomic mass is 32.1. The minimum Gasteiger partial charge on any atom is -0.372 e. The highest BCUT2D eigenvalue weighted by Gasteiger charge is 2.23. The second kappa shape index (κ2) is 5.32. The van der Waals surface area contributed by atoms with Crippen LogP contribution in [0, 0.1) is 5.92 Å². The molecule has 0 spiro atoms. The van der Waals surface area contributed by atoms with Crippen molar-refractivity contribution in [2.24, 2.45) is 5.92 Å². The van der Waals surface area contributed by atoms with E-state index in [0.717, 1.165) is 34.4 Å². The molecule has 3 aromatic rings. The fraction of sp³-hybridized carbons (Fsp3) is 0.353. The van der Waals surface area contributed by atoms with E-state index in [0.29, 0.717) is 0 Å². The molecule has 22 heavy (non-hydrogen) atoms. The lowest BCUT2D eigenvalue weighted by Gasteiger charge is -2.18. The maximum Gasteiger partial charge on any atom is 0.164 e. The van der Waals surface area contributed by atoms with Crippen LogP contribution in [-0.4, -0.2) is 22.0 Å². The molecule has 1 aliphatic carbocycles. The fourth-order valence-corrected chi connectivity index (χ4v) is 4.53. The van der Waals surface area contributed by atoms with Gasteiger partial charge in [-0.15, -0.1) is 11.3 Å². The molecular weight excluding hydrogens is 292 g/mol. The zero-order valence-corrected chi connectivity index (χ0v) is 13.6. The number of hydrogen-bond donors (Lipinski definition) is 1. The smallest absolute Gasteiger partial charge is 0.164 e. The maximum atomic E-state index is 4.81. The number of aromatic nitrogens is 3. The molecule has 0 aromatic carbocycles. The second-order valence-corrected chi connectivity index (χ2v) is 7.00. The number of aryl methyl sites for hydroxylation is 1. The molecule has 3 heterocycles. The molecule has 1 atom stereocenters. The Morgan fingerprint density at radius 1 is 1.32 bits per heavy atom. The number of thiophene rings is 1. The summed E-state index contributed by atoms with van der Waals surface area (Å²) in [5.41, 5.74) is 2.42. The van der Waals surface area contributed by atoms with Gasteiger partial charge in [0, 0.05) is 29.9 Å². The summed E-state index contributed by atoms with van der Waals surface area (Å²) in [6.45, 7) is 2.33. The molecular formula is C17H18N4S. The molecule has 1 aliphatic rings. The van der Waals surface area contributed by atoms with E-state index in [2.05, 4.69) is 17.2 Å². The largest absolute Gasteiger partial charge is 0.372 e. The van der Waals surface area contributed by atoms with Crippen molar-refractivity contribution in [1.29, 1.82) is 0 Å². The summed E-state index contributed by atoms with van der Waals surface area (Å²) in [4.78, 5) is 16.3. The van der Waals surface area contributed by atoms with Gasteiger partial charge >= 0.3 is 0 Å². The summed E-state index contributed by atoms with van der Waals surface area (Å²) in [5.74, 6) is 2.46. The third-order valence-electron chi connectivity index (χ3n) is 4.31. The van der Waals surface area contributed by atoms with Crippen LogP contribution in [0.15, 0.2) is 24.5 Å². The first-order chi connectivity index (χ1) is 10.8. The third-order valence-corrected chi connectivity index (χ3v) is 5.46. The first-order valence-corrected chi connectivity index (χ1v) is 8.48. The molecule has 0 bridgehead atoms. The minimum atomic E-state index is 0.747. The summed E-state index contributed by atoms with van der Waals surface area (Å²) in [6, 6.07) is 3.92. The SMILES string of the molecule is CNc1nc(-c2cccnc2)nc2sc3c(c12)CC[C@@H](C)C3. The molecule has 5 heteroatoms. The average Bonchev–Trinajstić information content (AvgIpc) is 2.92. The van der Waals surface area contributed by atoms with Gasteiger partial charge in [-0.3, -0.25) is 4.98 Å². The van der Waals surface area contributed by atoms with Crippen molar-refractivity contribution >= 4 is 27.4 Å². The Balaban J connectivity index is 1.94. The summed E-state index contributed by atoms with van der Waals surface area (Å²) < 4.78 is 0.